The van der Waals surface area contributed by atoms with E-state index in [2.05, 4.69) is 57.7 Å². The number of aromatic nitrogens is 2. The molecular weight excluding hydrogens is 292 g/mol. The summed E-state index contributed by atoms with van der Waals surface area (Å²) in [5.41, 5.74) is 2.56. The molecule has 0 aliphatic carbocycles. The molecule has 0 bridgehead atoms. The normalized spacial score (nSPS) is 23.5. The Morgan fingerprint density at radius 1 is 1.41 bits per heavy atom. The van der Waals surface area contributed by atoms with Crippen molar-refractivity contribution in [2.45, 2.75) is 30.8 Å². The van der Waals surface area contributed by atoms with E-state index in [9.17, 15) is 0 Å². The molecule has 2 aliphatic rings. The predicted octanol–water partition coefficient (Wildman–Crippen LogP) is 3.06. The second kappa shape index (κ2) is 5.97. The highest BCUT2D eigenvalue weighted by Crippen LogP contribution is 2.35. The van der Waals surface area contributed by atoms with Gasteiger partial charge in [0.25, 0.3) is 0 Å². The first-order chi connectivity index (χ1) is 10.8. The highest BCUT2D eigenvalue weighted by molar-refractivity contribution is 7.99. The number of hydrogen-bond donors (Lipinski definition) is 2. The van der Waals surface area contributed by atoms with Gasteiger partial charge in [-0.3, -0.25) is 0 Å². The number of nitrogens with one attached hydrogen (secondary N) is 2. The van der Waals surface area contributed by atoms with Gasteiger partial charge in [0.2, 0.25) is 0 Å². The molecule has 0 fully saturated rings. The van der Waals surface area contributed by atoms with Crippen LogP contribution in [0.4, 0.5) is 5.82 Å². The molecule has 0 spiro atoms. The van der Waals surface area contributed by atoms with Crippen LogP contribution in [0.5, 0.6) is 0 Å². The van der Waals surface area contributed by atoms with Gasteiger partial charge in [-0.25, -0.2) is 4.68 Å². The minimum atomic E-state index is 0.498. The molecule has 2 aromatic rings. The van der Waals surface area contributed by atoms with E-state index >= 15 is 0 Å². The summed E-state index contributed by atoms with van der Waals surface area (Å²) in [5.74, 6) is 2.96. The number of thioether (sulfide) groups is 1. The highest BCUT2D eigenvalue weighted by atomic mass is 32.2. The average Bonchev–Trinajstić information content (AvgIpc) is 2.92. The molecule has 22 heavy (non-hydrogen) atoms. The van der Waals surface area contributed by atoms with Crippen molar-refractivity contribution < 1.29 is 0 Å². The van der Waals surface area contributed by atoms with Crippen molar-refractivity contribution in [2.24, 2.45) is 5.92 Å². The van der Waals surface area contributed by atoms with Gasteiger partial charge in [0.15, 0.2) is 0 Å². The lowest BCUT2D eigenvalue weighted by molar-refractivity contribution is 0.365. The molecule has 2 atom stereocenters. The average molecular weight is 314 g/mol. The molecule has 1 aromatic carbocycles. The van der Waals surface area contributed by atoms with Crippen LogP contribution in [0, 0.1) is 12.8 Å². The van der Waals surface area contributed by atoms with Crippen LogP contribution in [-0.4, -0.2) is 28.6 Å². The van der Waals surface area contributed by atoms with E-state index in [1.54, 1.807) is 0 Å². The molecule has 2 N–H and O–H groups in total. The van der Waals surface area contributed by atoms with Crippen LogP contribution in [0.2, 0.25) is 0 Å². The zero-order valence-electron chi connectivity index (χ0n) is 12.9. The predicted molar refractivity (Wildman–Crippen MR) is 91.5 cm³/mol. The fourth-order valence-corrected chi connectivity index (χ4v) is 4.51. The van der Waals surface area contributed by atoms with Crippen LogP contribution in [0.3, 0.4) is 0 Å². The Labute approximate surface area is 135 Å². The van der Waals surface area contributed by atoms with E-state index in [0.29, 0.717) is 12.0 Å². The highest BCUT2D eigenvalue weighted by Gasteiger charge is 2.23. The molecule has 4 rings (SSSR count). The summed E-state index contributed by atoms with van der Waals surface area (Å²) in [5, 5.41) is 11.8. The van der Waals surface area contributed by atoms with E-state index in [4.69, 9.17) is 0 Å². The summed E-state index contributed by atoms with van der Waals surface area (Å²) < 4.78 is 2.11. The number of anilines is 1. The zero-order chi connectivity index (χ0) is 14.9. The van der Waals surface area contributed by atoms with Crippen molar-refractivity contribution in [1.29, 1.82) is 0 Å². The van der Waals surface area contributed by atoms with Crippen molar-refractivity contribution in [2.75, 3.05) is 24.2 Å². The first-order valence-corrected chi connectivity index (χ1v) is 9.01. The van der Waals surface area contributed by atoms with Gasteiger partial charge < -0.3 is 10.6 Å². The topological polar surface area (TPSA) is 41.9 Å². The number of benzene rings is 1. The summed E-state index contributed by atoms with van der Waals surface area (Å²) in [4.78, 5) is 1.44. The van der Waals surface area contributed by atoms with Crippen molar-refractivity contribution in [3.63, 3.8) is 0 Å². The number of rotatable bonds is 3. The van der Waals surface area contributed by atoms with E-state index in [0.717, 1.165) is 31.1 Å². The summed E-state index contributed by atoms with van der Waals surface area (Å²) in [6.45, 7) is 5.12. The van der Waals surface area contributed by atoms with Crippen LogP contribution >= 0.6 is 11.8 Å². The lowest BCUT2D eigenvalue weighted by Gasteiger charge is -2.30. The Kier molecular flexibility index (Phi) is 3.84. The van der Waals surface area contributed by atoms with Crippen LogP contribution < -0.4 is 10.6 Å². The standard InChI is InChI=1S/C17H22N4S/c1-12-8-17-19-10-13(11-21(17)20-12)9-18-15-6-7-22-16-5-3-2-4-14(15)16/h2-5,8,13,15,18-19H,6-7,9-11H2,1H3/t13-,15-/m0/s1. The summed E-state index contributed by atoms with van der Waals surface area (Å²) in [6.07, 6.45) is 1.22. The van der Waals surface area contributed by atoms with E-state index in [1.807, 2.05) is 11.8 Å². The number of fused-ring (bicyclic) bond motifs is 2. The monoisotopic (exact) mass is 314 g/mol. The van der Waals surface area contributed by atoms with Crippen molar-refractivity contribution in [3.05, 3.63) is 41.6 Å². The second-order valence-corrected chi connectivity index (χ2v) is 7.37. The molecule has 2 aliphatic heterocycles. The zero-order valence-corrected chi connectivity index (χ0v) is 13.7. The van der Waals surface area contributed by atoms with Crippen molar-refractivity contribution in [1.82, 2.24) is 15.1 Å². The quantitative estimate of drug-likeness (QED) is 0.914. The fraction of sp³-hybridized carbons (Fsp3) is 0.471. The first kappa shape index (κ1) is 14.2. The van der Waals surface area contributed by atoms with Crippen LogP contribution in [0.15, 0.2) is 35.2 Å². The molecule has 116 valence electrons. The van der Waals surface area contributed by atoms with Gasteiger partial charge in [0, 0.05) is 42.6 Å². The van der Waals surface area contributed by atoms with Gasteiger partial charge in [-0.15, -0.1) is 11.8 Å². The largest absolute Gasteiger partial charge is 0.370 e. The maximum absolute atomic E-state index is 4.56. The van der Waals surface area contributed by atoms with Crippen LogP contribution in [0.1, 0.15) is 23.7 Å². The fourth-order valence-electron chi connectivity index (χ4n) is 3.38. The minimum absolute atomic E-state index is 0.498. The molecule has 3 heterocycles. The minimum Gasteiger partial charge on any atom is -0.370 e. The maximum atomic E-state index is 4.56. The molecule has 0 saturated heterocycles. The third-order valence-electron chi connectivity index (χ3n) is 4.52. The van der Waals surface area contributed by atoms with Crippen LogP contribution in [-0.2, 0) is 6.54 Å². The summed E-state index contributed by atoms with van der Waals surface area (Å²) in [7, 11) is 0. The number of nitrogens with zero attached hydrogens (tertiary/aromatic N) is 2. The van der Waals surface area contributed by atoms with Crippen LogP contribution in [0.25, 0.3) is 0 Å². The maximum Gasteiger partial charge on any atom is 0.124 e. The number of hydrogen-bond acceptors (Lipinski definition) is 4. The smallest absolute Gasteiger partial charge is 0.124 e. The Morgan fingerprint density at radius 2 is 2.32 bits per heavy atom. The van der Waals surface area contributed by atoms with E-state index in [-0.39, 0.29) is 0 Å². The summed E-state index contributed by atoms with van der Waals surface area (Å²) in [6, 6.07) is 11.4. The van der Waals surface area contributed by atoms with E-state index < -0.39 is 0 Å². The molecule has 5 heteroatoms. The molecule has 0 amide bonds. The Balaban J connectivity index is 1.40. The molecule has 0 saturated carbocycles. The molecule has 0 unspecified atom stereocenters. The van der Waals surface area contributed by atoms with Crippen molar-refractivity contribution in [3.8, 4) is 0 Å². The van der Waals surface area contributed by atoms with E-state index in [1.165, 1.54) is 22.6 Å². The molecular formula is C17H22N4S. The molecule has 0 radical (unpaired) electrons. The number of aryl methyl sites for hydroxylation is 1. The lowest BCUT2D eigenvalue weighted by Crippen LogP contribution is -2.37. The van der Waals surface area contributed by atoms with Gasteiger partial charge in [-0.2, -0.15) is 5.10 Å². The van der Waals surface area contributed by atoms with Gasteiger partial charge >= 0.3 is 0 Å². The lowest BCUT2D eigenvalue weighted by atomic mass is 10.0. The SMILES string of the molecule is Cc1cc2n(n1)C[C@@H](CN[C@H]1CCSc3ccccc31)CN2. The Bertz CT molecular complexity index is 666. The third-order valence-corrected chi connectivity index (χ3v) is 5.64. The van der Waals surface area contributed by atoms with Gasteiger partial charge in [0.05, 0.1) is 5.69 Å². The summed E-state index contributed by atoms with van der Waals surface area (Å²) >= 11 is 1.98. The third kappa shape index (κ3) is 2.75. The Hall–Kier alpha value is -1.46. The Morgan fingerprint density at radius 3 is 3.27 bits per heavy atom. The van der Waals surface area contributed by atoms with Gasteiger partial charge in [-0.05, 0) is 30.7 Å². The first-order valence-electron chi connectivity index (χ1n) is 8.03. The second-order valence-electron chi connectivity index (χ2n) is 6.24. The molecule has 1 aromatic heterocycles. The van der Waals surface area contributed by atoms with Gasteiger partial charge in [-0.1, -0.05) is 18.2 Å². The van der Waals surface area contributed by atoms with Gasteiger partial charge in [0.1, 0.15) is 5.82 Å². The van der Waals surface area contributed by atoms with Crippen molar-refractivity contribution >= 4 is 17.6 Å². The molecule has 4 nitrogen and oxygen atoms in total.